The molecule has 160 valence electrons. The zero-order valence-corrected chi connectivity index (χ0v) is 18.1. The van der Waals surface area contributed by atoms with E-state index in [-0.39, 0.29) is 42.4 Å². The van der Waals surface area contributed by atoms with E-state index in [9.17, 15) is 13.2 Å². The Morgan fingerprint density at radius 2 is 2.07 bits per heavy atom. The average molecular weight is 517 g/mol. The van der Waals surface area contributed by atoms with Gasteiger partial charge in [-0.1, -0.05) is 18.2 Å². The molecule has 1 aliphatic heterocycles. The van der Waals surface area contributed by atoms with Gasteiger partial charge in [-0.05, 0) is 25.3 Å². The second-order valence-electron chi connectivity index (χ2n) is 6.07. The molecule has 28 heavy (non-hydrogen) atoms. The van der Waals surface area contributed by atoms with Gasteiger partial charge in [0, 0.05) is 38.9 Å². The first kappa shape index (κ1) is 24.8. The van der Waals surface area contributed by atoms with E-state index >= 15 is 0 Å². The minimum absolute atomic E-state index is 0. The van der Waals surface area contributed by atoms with Gasteiger partial charge in [0.05, 0.1) is 12.7 Å². The van der Waals surface area contributed by atoms with E-state index < -0.39 is 6.36 Å². The third-order valence-electron chi connectivity index (χ3n) is 3.95. The molecule has 2 N–H and O–H groups in total. The molecule has 1 aliphatic rings. The van der Waals surface area contributed by atoms with Crippen LogP contribution in [0.1, 0.15) is 24.8 Å². The third-order valence-corrected chi connectivity index (χ3v) is 3.95. The number of nitrogens with one attached hydrogen (secondary N) is 2. The predicted octanol–water partition coefficient (Wildman–Crippen LogP) is 3.45. The minimum Gasteiger partial charge on any atom is -0.405 e. The summed E-state index contributed by atoms with van der Waals surface area (Å²) in [6, 6.07) is 6.00. The topological polar surface area (TPSA) is 64.1 Å². The van der Waals surface area contributed by atoms with Gasteiger partial charge in [-0.3, -0.25) is 4.99 Å². The smallest absolute Gasteiger partial charge is 0.405 e. The highest BCUT2D eigenvalue weighted by molar-refractivity contribution is 14.0. The van der Waals surface area contributed by atoms with Gasteiger partial charge in [-0.15, -0.1) is 37.1 Å². The summed E-state index contributed by atoms with van der Waals surface area (Å²) in [5.41, 5.74) is 0.387. The van der Waals surface area contributed by atoms with Crippen molar-refractivity contribution in [2.75, 3.05) is 33.4 Å². The Bertz CT molecular complexity index is 597. The summed E-state index contributed by atoms with van der Waals surface area (Å²) in [6.45, 7) is 2.82. The number of rotatable bonds is 9. The third kappa shape index (κ3) is 9.78. The van der Waals surface area contributed by atoms with Crippen LogP contribution in [0.5, 0.6) is 5.75 Å². The van der Waals surface area contributed by atoms with Crippen LogP contribution in [0, 0.1) is 0 Å². The Balaban J connectivity index is 0.00000392. The molecular weight excluding hydrogens is 490 g/mol. The molecule has 1 aromatic carbocycles. The lowest BCUT2D eigenvalue weighted by molar-refractivity contribution is -0.274. The summed E-state index contributed by atoms with van der Waals surface area (Å²) in [4.78, 5) is 4.06. The molecule has 0 bridgehead atoms. The highest BCUT2D eigenvalue weighted by Gasteiger charge is 2.31. The van der Waals surface area contributed by atoms with Gasteiger partial charge >= 0.3 is 6.36 Å². The maximum atomic E-state index is 12.5. The first-order valence-corrected chi connectivity index (χ1v) is 8.95. The van der Waals surface area contributed by atoms with Crippen molar-refractivity contribution in [1.29, 1.82) is 0 Å². The summed E-state index contributed by atoms with van der Waals surface area (Å²) in [5.74, 6) is 0.270. The van der Waals surface area contributed by atoms with Crippen molar-refractivity contribution in [2.24, 2.45) is 4.99 Å². The van der Waals surface area contributed by atoms with Crippen molar-refractivity contribution in [3.05, 3.63) is 29.8 Å². The van der Waals surface area contributed by atoms with Crippen molar-refractivity contribution in [2.45, 2.75) is 38.3 Å². The number of guanidine groups is 1. The summed E-state index contributed by atoms with van der Waals surface area (Å²) in [7, 11) is 1.60. The van der Waals surface area contributed by atoms with Crippen LogP contribution < -0.4 is 15.4 Å². The van der Waals surface area contributed by atoms with E-state index in [1.807, 2.05) is 0 Å². The van der Waals surface area contributed by atoms with Crippen LogP contribution in [0.25, 0.3) is 0 Å². The molecule has 1 unspecified atom stereocenters. The molecule has 0 amide bonds. The van der Waals surface area contributed by atoms with Crippen molar-refractivity contribution < 1.29 is 27.4 Å². The summed E-state index contributed by atoms with van der Waals surface area (Å²) >= 11 is 0. The maximum absolute atomic E-state index is 12.5. The first-order valence-electron chi connectivity index (χ1n) is 8.95. The largest absolute Gasteiger partial charge is 0.573 e. The van der Waals surface area contributed by atoms with Crippen molar-refractivity contribution in [3.63, 3.8) is 0 Å². The number of benzene rings is 1. The number of para-hydroxylation sites is 1. The lowest BCUT2D eigenvalue weighted by atomic mass is 10.2. The standard InChI is InChI=1S/C18H26F3N3O3.HI/c1-22-17(23-9-5-10-25-13-15-7-4-11-26-15)24-12-14-6-2-3-8-16(14)27-18(19,20)21;/h2-3,6,8,15H,4-5,7,9-13H2,1H3,(H2,22,23,24);1H. The Kier molecular flexibility index (Phi) is 11.5. The van der Waals surface area contributed by atoms with Crippen LogP contribution >= 0.6 is 24.0 Å². The zero-order valence-electron chi connectivity index (χ0n) is 15.8. The molecule has 0 aromatic heterocycles. The molecule has 0 saturated carbocycles. The van der Waals surface area contributed by atoms with Crippen molar-refractivity contribution in [1.82, 2.24) is 10.6 Å². The fourth-order valence-corrected chi connectivity index (χ4v) is 2.65. The quantitative estimate of drug-likeness (QED) is 0.228. The molecule has 10 heteroatoms. The van der Waals surface area contributed by atoms with Crippen LogP contribution in [0.15, 0.2) is 29.3 Å². The second-order valence-corrected chi connectivity index (χ2v) is 6.07. The molecule has 1 aromatic rings. The number of ether oxygens (including phenoxy) is 3. The van der Waals surface area contributed by atoms with Gasteiger partial charge in [0.15, 0.2) is 5.96 Å². The van der Waals surface area contributed by atoms with Crippen LogP contribution in [-0.4, -0.2) is 51.8 Å². The Hall–Kier alpha value is -1.27. The van der Waals surface area contributed by atoms with Crippen LogP contribution in [-0.2, 0) is 16.0 Å². The van der Waals surface area contributed by atoms with E-state index in [4.69, 9.17) is 9.47 Å². The molecular formula is C18H27F3IN3O3. The van der Waals surface area contributed by atoms with Crippen molar-refractivity contribution in [3.8, 4) is 5.75 Å². The number of hydrogen-bond acceptors (Lipinski definition) is 4. The molecule has 1 saturated heterocycles. The van der Waals surface area contributed by atoms with Crippen LogP contribution in [0.3, 0.4) is 0 Å². The van der Waals surface area contributed by atoms with E-state index in [0.29, 0.717) is 31.3 Å². The zero-order chi connectivity index (χ0) is 19.5. The van der Waals surface area contributed by atoms with E-state index in [2.05, 4.69) is 20.4 Å². The number of aliphatic imine (C=N–C) groups is 1. The Morgan fingerprint density at radius 1 is 1.29 bits per heavy atom. The molecule has 1 heterocycles. The highest BCUT2D eigenvalue weighted by Crippen LogP contribution is 2.26. The lowest BCUT2D eigenvalue weighted by Crippen LogP contribution is -2.37. The normalized spacial score (nSPS) is 17.1. The molecule has 6 nitrogen and oxygen atoms in total. The summed E-state index contributed by atoms with van der Waals surface area (Å²) < 4.78 is 52.5. The monoisotopic (exact) mass is 517 g/mol. The van der Waals surface area contributed by atoms with Gasteiger partial charge in [-0.25, -0.2) is 0 Å². The average Bonchev–Trinajstić information content (AvgIpc) is 3.14. The van der Waals surface area contributed by atoms with Gasteiger partial charge in [0.2, 0.25) is 0 Å². The molecule has 0 spiro atoms. The second kappa shape index (κ2) is 13.0. The summed E-state index contributed by atoms with van der Waals surface area (Å²) in [6.07, 6.45) is -1.59. The fraction of sp³-hybridized carbons (Fsp3) is 0.611. The van der Waals surface area contributed by atoms with Gasteiger partial charge < -0.3 is 24.8 Å². The molecule has 2 rings (SSSR count). The lowest BCUT2D eigenvalue weighted by Gasteiger charge is -2.16. The van der Waals surface area contributed by atoms with E-state index in [1.54, 1.807) is 19.2 Å². The maximum Gasteiger partial charge on any atom is 0.573 e. The van der Waals surface area contributed by atoms with Crippen LogP contribution in [0.2, 0.25) is 0 Å². The number of hydrogen-bond donors (Lipinski definition) is 2. The fourth-order valence-electron chi connectivity index (χ4n) is 2.65. The van der Waals surface area contributed by atoms with Crippen molar-refractivity contribution >= 4 is 29.9 Å². The number of nitrogens with zero attached hydrogens (tertiary/aromatic N) is 1. The predicted molar refractivity (Wildman–Crippen MR) is 111 cm³/mol. The number of alkyl halides is 3. The van der Waals surface area contributed by atoms with Gasteiger partial charge in [-0.2, -0.15) is 0 Å². The van der Waals surface area contributed by atoms with Gasteiger partial charge in [0.25, 0.3) is 0 Å². The van der Waals surface area contributed by atoms with Gasteiger partial charge in [0.1, 0.15) is 5.75 Å². The molecule has 0 radical (unpaired) electrons. The molecule has 1 atom stereocenters. The SMILES string of the molecule is CN=C(NCCCOCC1CCCO1)NCc1ccccc1OC(F)(F)F.I. The van der Waals surface area contributed by atoms with Crippen LogP contribution in [0.4, 0.5) is 13.2 Å². The molecule has 0 aliphatic carbocycles. The van der Waals surface area contributed by atoms with E-state index in [0.717, 1.165) is 25.9 Å². The first-order chi connectivity index (χ1) is 13.0. The Morgan fingerprint density at radius 3 is 2.75 bits per heavy atom. The number of halogens is 4. The highest BCUT2D eigenvalue weighted by atomic mass is 127. The minimum atomic E-state index is -4.72. The van der Waals surface area contributed by atoms with E-state index in [1.165, 1.54) is 12.1 Å². The Labute approximate surface area is 180 Å². The molecule has 1 fully saturated rings. The summed E-state index contributed by atoms with van der Waals surface area (Å²) in [5, 5.41) is 6.08.